The van der Waals surface area contributed by atoms with Crippen molar-refractivity contribution in [3.8, 4) is 0 Å². The van der Waals surface area contributed by atoms with Crippen molar-refractivity contribution in [2.24, 2.45) is 0 Å². The first-order chi connectivity index (χ1) is 8.70. The highest BCUT2D eigenvalue weighted by atomic mass is 32.2. The second-order valence-corrected chi connectivity index (χ2v) is 7.03. The zero-order valence-corrected chi connectivity index (χ0v) is 11.8. The van der Waals surface area contributed by atoms with Gasteiger partial charge in [-0.3, -0.25) is 4.31 Å². The molecule has 7 heteroatoms. The highest BCUT2D eigenvalue weighted by molar-refractivity contribution is 7.90. The molecule has 0 spiro atoms. The summed E-state index contributed by atoms with van der Waals surface area (Å²) in [5.41, 5.74) is -0.00624. The third-order valence-corrected chi connectivity index (χ3v) is 5.49. The van der Waals surface area contributed by atoms with Crippen molar-refractivity contribution in [1.29, 1.82) is 5.41 Å². The van der Waals surface area contributed by atoms with Gasteiger partial charge < -0.3 is 5.41 Å². The van der Waals surface area contributed by atoms with Gasteiger partial charge in [0, 0.05) is 18.8 Å². The Hall–Kier alpha value is -1.47. The number of benzene rings is 1. The van der Waals surface area contributed by atoms with E-state index in [1.807, 2.05) is 0 Å². The van der Waals surface area contributed by atoms with E-state index >= 15 is 0 Å². The maximum absolute atomic E-state index is 13.4. The Balaban J connectivity index is 2.60. The van der Waals surface area contributed by atoms with Crippen LogP contribution in [0.3, 0.4) is 0 Å². The molecule has 1 N–H and O–H groups in total. The van der Waals surface area contributed by atoms with Crippen molar-refractivity contribution in [2.45, 2.75) is 19.4 Å². The molecule has 104 valence electrons. The Kier molecular flexibility index (Phi) is 3.14. The van der Waals surface area contributed by atoms with Crippen molar-refractivity contribution in [1.82, 2.24) is 4.31 Å². The summed E-state index contributed by atoms with van der Waals surface area (Å²) in [6, 6.07) is 3.76. The molecule has 1 aromatic carbocycles. The SMILES string of the molecule is CN1C(C)(C)CN(c2cc(F)ccc2C=N)S1(=O)=O. The molecule has 19 heavy (non-hydrogen) atoms. The summed E-state index contributed by atoms with van der Waals surface area (Å²) in [5.74, 6) is -0.525. The number of rotatable bonds is 2. The minimum absolute atomic E-state index is 0.201. The Morgan fingerprint density at radius 2 is 2.05 bits per heavy atom. The van der Waals surface area contributed by atoms with Crippen LogP contribution < -0.4 is 4.31 Å². The van der Waals surface area contributed by atoms with E-state index in [-0.39, 0.29) is 12.2 Å². The van der Waals surface area contributed by atoms with Gasteiger partial charge in [0.25, 0.3) is 0 Å². The number of hydrogen-bond donors (Lipinski definition) is 1. The van der Waals surface area contributed by atoms with Gasteiger partial charge in [0.2, 0.25) is 0 Å². The molecule has 1 aliphatic rings. The lowest BCUT2D eigenvalue weighted by atomic mass is 10.1. The summed E-state index contributed by atoms with van der Waals surface area (Å²) in [4.78, 5) is 0. The monoisotopic (exact) mass is 285 g/mol. The summed E-state index contributed by atoms with van der Waals surface area (Å²) in [5, 5.41) is 7.31. The summed E-state index contributed by atoms with van der Waals surface area (Å²) < 4.78 is 40.5. The molecule has 0 atom stereocenters. The predicted molar refractivity (Wildman–Crippen MR) is 72.4 cm³/mol. The van der Waals surface area contributed by atoms with Gasteiger partial charge in [0.1, 0.15) is 5.82 Å². The average Bonchev–Trinajstić information content (AvgIpc) is 2.49. The minimum Gasteiger partial charge on any atom is -0.308 e. The standard InChI is InChI=1S/C12H16FN3O2S/c1-12(2)8-16(19(17,18)15(12)3)11-6-10(13)5-4-9(11)7-14/h4-7,14H,8H2,1-3H3. The number of anilines is 1. The van der Waals surface area contributed by atoms with Crippen LogP contribution in [-0.2, 0) is 10.2 Å². The lowest BCUT2D eigenvalue weighted by Gasteiger charge is -2.22. The normalized spacial score (nSPS) is 21.6. The van der Waals surface area contributed by atoms with Crippen LogP contribution in [0.4, 0.5) is 10.1 Å². The highest BCUT2D eigenvalue weighted by Crippen LogP contribution is 2.35. The van der Waals surface area contributed by atoms with E-state index in [1.165, 1.54) is 23.5 Å². The smallest absolute Gasteiger partial charge is 0.304 e. The lowest BCUT2D eigenvalue weighted by Crippen LogP contribution is -2.38. The van der Waals surface area contributed by atoms with Crippen LogP contribution >= 0.6 is 0 Å². The lowest BCUT2D eigenvalue weighted by molar-refractivity contribution is 0.307. The molecular weight excluding hydrogens is 269 g/mol. The molecule has 0 radical (unpaired) electrons. The van der Waals surface area contributed by atoms with Gasteiger partial charge in [-0.2, -0.15) is 12.7 Å². The fourth-order valence-electron chi connectivity index (χ4n) is 2.06. The van der Waals surface area contributed by atoms with Crippen molar-refractivity contribution in [2.75, 3.05) is 17.9 Å². The number of hydrogen-bond acceptors (Lipinski definition) is 3. The largest absolute Gasteiger partial charge is 0.308 e. The Morgan fingerprint density at radius 1 is 1.42 bits per heavy atom. The molecule has 0 aliphatic carbocycles. The number of nitrogens with one attached hydrogen (secondary N) is 1. The van der Waals surface area contributed by atoms with Gasteiger partial charge in [-0.25, -0.2) is 4.39 Å². The van der Waals surface area contributed by atoms with Gasteiger partial charge in [0.05, 0.1) is 17.8 Å². The number of likely N-dealkylation sites (N-methyl/N-ethyl adjacent to an activating group) is 1. The van der Waals surface area contributed by atoms with Gasteiger partial charge in [-0.1, -0.05) is 0 Å². The van der Waals surface area contributed by atoms with Gasteiger partial charge in [0.15, 0.2) is 0 Å². The molecule has 1 heterocycles. The first-order valence-electron chi connectivity index (χ1n) is 5.77. The highest BCUT2D eigenvalue weighted by Gasteiger charge is 2.47. The van der Waals surface area contributed by atoms with Crippen molar-refractivity contribution < 1.29 is 12.8 Å². The topological polar surface area (TPSA) is 64.5 Å². The Bertz CT molecular complexity index is 628. The van der Waals surface area contributed by atoms with E-state index in [1.54, 1.807) is 13.8 Å². The van der Waals surface area contributed by atoms with Crippen molar-refractivity contribution in [3.05, 3.63) is 29.6 Å². The van der Waals surface area contributed by atoms with Crippen molar-refractivity contribution >= 4 is 22.1 Å². The Labute approximate surface area is 112 Å². The fourth-order valence-corrected chi connectivity index (χ4v) is 3.92. The van der Waals surface area contributed by atoms with E-state index in [2.05, 4.69) is 0 Å². The predicted octanol–water partition coefficient (Wildman–Crippen LogP) is 1.60. The van der Waals surface area contributed by atoms with Crippen LogP contribution in [0, 0.1) is 11.2 Å². The maximum Gasteiger partial charge on any atom is 0.304 e. The number of nitrogens with zero attached hydrogens (tertiary/aromatic N) is 2. The zero-order valence-electron chi connectivity index (χ0n) is 11.0. The van der Waals surface area contributed by atoms with Crippen LogP contribution in [0.2, 0.25) is 0 Å². The second kappa shape index (κ2) is 4.28. The molecule has 0 unspecified atom stereocenters. The third kappa shape index (κ3) is 2.12. The van der Waals surface area contributed by atoms with Gasteiger partial charge >= 0.3 is 10.2 Å². The van der Waals surface area contributed by atoms with Crippen molar-refractivity contribution in [3.63, 3.8) is 0 Å². The van der Waals surface area contributed by atoms with Crippen LogP contribution in [0.15, 0.2) is 18.2 Å². The summed E-state index contributed by atoms with van der Waals surface area (Å²) in [7, 11) is -2.18. The maximum atomic E-state index is 13.4. The summed E-state index contributed by atoms with van der Waals surface area (Å²) in [6.45, 7) is 3.82. The molecule has 0 aromatic heterocycles. The van der Waals surface area contributed by atoms with E-state index in [4.69, 9.17) is 5.41 Å². The van der Waals surface area contributed by atoms with Gasteiger partial charge in [-0.15, -0.1) is 0 Å². The fraction of sp³-hybridized carbons (Fsp3) is 0.417. The van der Waals surface area contributed by atoms with Gasteiger partial charge in [-0.05, 0) is 32.0 Å². The average molecular weight is 285 g/mol. The molecule has 2 rings (SSSR count). The van der Waals surface area contributed by atoms with E-state index in [9.17, 15) is 12.8 Å². The first-order valence-corrected chi connectivity index (χ1v) is 7.16. The molecule has 1 aromatic rings. The van der Waals surface area contributed by atoms with E-state index in [0.717, 1.165) is 16.6 Å². The van der Waals surface area contributed by atoms with Crippen LogP contribution in [-0.4, -0.2) is 38.1 Å². The molecule has 1 fully saturated rings. The summed E-state index contributed by atoms with van der Waals surface area (Å²) >= 11 is 0. The molecule has 0 amide bonds. The molecule has 1 aliphatic heterocycles. The van der Waals surface area contributed by atoms with E-state index in [0.29, 0.717) is 5.56 Å². The minimum atomic E-state index is -3.68. The first kappa shape index (κ1) is 14.0. The quantitative estimate of drug-likeness (QED) is 0.839. The molecule has 0 saturated carbocycles. The third-order valence-electron chi connectivity index (χ3n) is 3.42. The second-order valence-electron chi connectivity index (χ2n) is 5.14. The van der Waals surface area contributed by atoms with Crippen LogP contribution in [0.25, 0.3) is 0 Å². The zero-order chi connectivity index (χ0) is 14.4. The number of halogens is 1. The van der Waals surface area contributed by atoms with Crippen LogP contribution in [0.5, 0.6) is 0 Å². The molecular formula is C12H16FN3O2S. The summed E-state index contributed by atoms with van der Waals surface area (Å²) in [6.07, 6.45) is 1.02. The molecule has 0 bridgehead atoms. The molecule has 5 nitrogen and oxygen atoms in total. The molecule has 1 saturated heterocycles. The van der Waals surface area contributed by atoms with Crippen LogP contribution in [0.1, 0.15) is 19.4 Å². The van der Waals surface area contributed by atoms with E-state index < -0.39 is 21.6 Å². The Morgan fingerprint density at radius 3 is 2.53 bits per heavy atom.